The summed E-state index contributed by atoms with van der Waals surface area (Å²) in [7, 11) is -3.76. The average molecular weight is 568 g/mol. The molecule has 0 N–H and O–H groups in total. The Bertz CT molecular complexity index is 752. The van der Waals surface area contributed by atoms with Crippen LogP contribution in [-0.2, 0) is 18.7 Å². The van der Waals surface area contributed by atoms with Gasteiger partial charge in [0.15, 0.2) is 0 Å². The third-order valence-electron chi connectivity index (χ3n) is 3.02. The van der Waals surface area contributed by atoms with Crippen LogP contribution >= 0.6 is 0 Å². The topological polar surface area (TPSA) is 44.8 Å². The molecule has 34 heavy (non-hydrogen) atoms. The molecule has 0 rings (SSSR count). The van der Waals surface area contributed by atoms with Gasteiger partial charge < -0.3 is 4.43 Å². The first-order chi connectivity index (χ1) is 14.3. The number of carbonyl (C=O) groups is 1. The van der Waals surface area contributed by atoms with Crippen molar-refractivity contribution in [2.75, 3.05) is 0 Å². The van der Waals surface area contributed by atoms with Crippen molar-refractivity contribution in [2.45, 2.75) is 68.0 Å². The molecule has 22 heteroatoms. The van der Waals surface area contributed by atoms with Crippen molar-refractivity contribution in [3.63, 3.8) is 0 Å². The molecule has 0 aliphatic carbocycles. The van der Waals surface area contributed by atoms with Gasteiger partial charge in [-0.1, -0.05) is 0 Å². The highest BCUT2D eigenvalue weighted by molar-refractivity contribution is 6.71. The summed E-state index contributed by atoms with van der Waals surface area (Å²) in [5.74, 6) is -26.3. The fraction of sp³-hybridized carbons (Fsp3) is 0.917. The zero-order valence-corrected chi connectivity index (χ0v) is 17.1. The van der Waals surface area contributed by atoms with E-state index in [-0.39, 0.29) is 0 Å². The second kappa shape index (κ2) is 8.52. The summed E-state index contributed by atoms with van der Waals surface area (Å²) in [6.45, 7) is 2.29. The first-order valence-corrected chi connectivity index (χ1v) is 11.0. The summed E-state index contributed by atoms with van der Waals surface area (Å²) >= 11 is 0. The highest BCUT2D eigenvalue weighted by Crippen LogP contribution is 2.56. The highest BCUT2D eigenvalue weighted by atomic mass is 28.4. The van der Waals surface area contributed by atoms with Crippen LogP contribution in [0.15, 0.2) is 0 Å². The van der Waals surface area contributed by atoms with Crippen molar-refractivity contribution in [3.8, 4) is 0 Å². The van der Waals surface area contributed by atoms with Crippen molar-refractivity contribution < 1.29 is 93.3 Å². The molecule has 0 aliphatic heterocycles. The lowest BCUT2D eigenvalue weighted by Gasteiger charge is -2.40. The van der Waals surface area contributed by atoms with E-state index in [0.717, 1.165) is 19.6 Å². The van der Waals surface area contributed by atoms with Crippen molar-refractivity contribution in [1.29, 1.82) is 0 Å². The van der Waals surface area contributed by atoms with Gasteiger partial charge in [0.2, 0.25) is 8.32 Å². The molecule has 204 valence electrons. The van der Waals surface area contributed by atoms with Gasteiger partial charge in [0, 0.05) is 0 Å². The van der Waals surface area contributed by atoms with E-state index in [1.165, 1.54) is 4.74 Å². The van der Waals surface area contributed by atoms with Crippen molar-refractivity contribution in [3.05, 3.63) is 0 Å². The summed E-state index contributed by atoms with van der Waals surface area (Å²) in [6.07, 6.45) is -38.5. The van der Waals surface area contributed by atoms with E-state index in [2.05, 4.69) is 4.43 Å². The van der Waals surface area contributed by atoms with Crippen molar-refractivity contribution >= 4 is 14.3 Å². The van der Waals surface area contributed by atoms with E-state index in [1.54, 1.807) is 0 Å². The van der Waals surface area contributed by atoms with Crippen molar-refractivity contribution in [2.24, 2.45) is 0 Å². The van der Waals surface area contributed by atoms with Crippen LogP contribution in [-0.4, -0.2) is 62.7 Å². The van der Waals surface area contributed by atoms with E-state index >= 15 is 0 Å². The predicted octanol–water partition coefficient (Wildman–Crippen LogP) is 6.24. The average Bonchev–Trinajstić information content (AvgIpc) is 2.48. The highest BCUT2D eigenvalue weighted by Gasteiger charge is 2.85. The van der Waals surface area contributed by atoms with Crippen LogP contribution in [0, 0.1) is 0 Å². The van der Waals surface area contributed by atoms with Crippen molar-refractivity contribution in [1.82, 2.24) is 0 Å². The summed E-state index contributed by atoms with van der Waals surface area (Å²) in [4.78, 5) is 11.4. The predicted molar refractivity (Wildman–Crippen MR) is 72.3 cm³/mol. The Morgan fingerprint density at radius 1 is 0.559 bits per heavy atom. The summed E-state index contributed by atoms with van der Waals surface area (Å²) < 4.78 is 227. The molecule has 0 saturated heterocycles. The standard InChI is InChI=1S/C12H9F17O4Si/c1-34(2,3)31-4(30)5(13,8(17,18)19)32-12(28,29)7(16,10(23,24)25)33-11(26,27)6(14,15)9(20,21)22/h1-3H3. The SMILES string of the molecule is C[Si](C)(C)OC(=O)C(F)(OC(F)(F)C(F)(OC(F)(F)C(F)(F)C(F)(F)F)C(F)(F)F)C(F)(F)F. The maximum absolute atomic E-state index is 14.1. The molecular weight excluding hydrogens is 559 g/mol. The maximum atomic E-state index is 14.1. The Morgan fingerprint density at radius 2 is 0.941 bits per heavy atom. The van der Waals surface area contributed by atoms with Gasteiger partial charge in [-0.3, -0.25) is 9.47 Å². The molecular formula is C12H9F17O4Si. The minimum atomic E-state index is -8.04. The number of halogens is 17. The monoisotopic (exact) mass is 568 g/mol. The number of alkyl halides is 17. The van der Waals surface area contributed by atoms with Gasteiger partial charge in [-0.2, -0.15) is 74.6 Å². The second-order valence-electron chi connectivity index (χ2n) is 7.00. The molecule has 0 heterocycles. The van der Waals surface area contributed by atoms with E-state index in [1.807, 2.05) is 4.74 Å². The van der Waals surface area contributed by atoms with Gasteiger partial charge in [-0.25, -0.2) is 4.79 Å². The molecule has 2 unspecified atom stereocenters. The number of carbonyl (C=O) groups excluding carboxylic acids is 1. The Labute approximate surface area is 177 Å². The Hall–Kier alpha value is -1.58. The van der Waals surface area contributed by atoms with Gasteiger partial charge in [-0.15, -0.1) is 0 Å². The van der Waals surface area contributed by atoms with Crippen LogP contribution in [0.25, 0.3) is 0 Å². The second-order valence-corrected chi connectivity index (χ2v) is 11.4. The molecule has 0 amide bonds. The lowest BCUT2D eigenvalue weighted by molar-refractivity contribution is -0.548. The molecule has 0 aromatic rings. The van der Waals surface area contributed by atoms with E-state index in [4.69, 9.17) is 0 Å². The largest absolute Gasteiger partial charge is 0.515 e. The van der Waals surface area contributed by atoms with Crippen LogP contribution < -0.4 is 0 Å². The van der Waals surface area contributed by atoms with Gasteiger partial charge in [-0.05, 0) is 19.6 Å². The van der Waals surface area contributed by atoms with Gasteiger partial charge in [0.1, 0.15) is 0 Å². The summed E-state index contributed by atoms with van der Waals surface area (Å²) in [6, 6.07) is 0. The number of hydrogen-bond acceptors (Lipinski definition) is 4. The van der Waals surface area contributed by atoms with Crippen LogP contribution in [0.3, 0.4) is 0 Å². The Kier molecular flexibility index (Phi) is 8.12. The lowest BCUT2D eigenvalue weighted by atomic mass is 10.2. The minimum Gasteiger partial charge on any atom is -0.515 e. The van der Waals surface area contributed by atoms with Crippen LogP contribution in [0.1, 0.15) is 0 Å². The van der Waals surface area contributed by atoms with Crippen LogP contribution in [0.2, 0.25) is 19.6 Å². The number of ether oxygens (including phenoxy) is 2. The number of hydrogen-bond donors (Lipinski definition) is 0. The molecule has 0 fully saturated rings. The Morgan fingerprint density at radius 3 is 1.21 bits per heavy atom. The molecule has 0 saturated carbocycles. The molecule has 0 aromatic carbocycles. The van der Waals surface area contributed by atoms with E-state index in [0.29, 0.717) is 0 Å². The molecule has 2 atom stereocenters. The van der Waals surface area contributed by atoms with E-state index in [9.17, 15) is 79.4 Å². The quantitative estimate of drug-likeness (QED) is 0.257. The zero-order chi connectivity index (χ0) is 28.2. The van der Waals surface area contributed by atoms with E-state index < -0.39 is 62.7 Å². The molecule has 0 aromatic heterocycles. The molecule has 0 radical (unpaired) electrons. The normalized spacial score (nSPS) is 18.8. The van der Waals surface area contributed by atoms with Gasteiger partial charge in [0.25, 0.3) is 0 Å². The van der Waals surface area contributed by atoms with Crippen LogP contribution in [0.5, 0.6) is 0 Å². The van der Waals surface area contributed by atoms with Gasteiger partial charge >= 0.3 is 54.3 Å². The van der Waals surface area contributed by atoms with Gasteiger partial charge in [0.05, 0.1) is 0 Å². The molecule has 4 nitrogen and oxygen atoms in total. The summed E-state index contributed by atoms with van der Waals surface area (Å²) in [5, 5.41) is 0. The smallest absolute Gasteiger partial charge is 0.462 e. The molecule has 0 aliphatic rings. The third-order valence-corrected chi connectivity index (χ3v) is 3.82. The fourth-order valence-corrected chi connectivity index (χ4v) is 2.18. The third kappa shape index (κ3) is 5.97. The molecule has 0 spiro atoms. The summed E-state index contributed by atoms with van der Waals surface area (Å²) in [5.41, 5.74) is 0. The Balaban J connectivity index is 6.79. The first kappa shape index (κ1) is 32.4. The zero-order valence-electron chi connectivity index (χ0n) is 16.1. The first-order valence-electron chi connectivity index (χ1n) is 7.64. The maximum Gasteiger partial charge on any atom is 0.462 e. The minimum absolute atomic E-state index is 0.762. The lowest BCUT2D eigenvalue weighted by Crippen LogP contribution is -2.68. The fourth-order valence-electron chi connectivity index (χ4n) is 1.49. The molecule has 0 bridgehead atoms. The number of rotatable bonds is 8. The van der Waals surface area contributed by atoms with Crippen LogP contribution in [0.4, 0.5) is 74.6 Å².